The molecule has 0 N–H and O–H groups in total. The van der Waals surface area contributed by atoms with Gasteiger partial charge in [-0.25, -0.2) is 0 Å². The zero-order valence-corrected chi connectivity index (χ0v) is 21.5. The highest BCUT2D eigenvalue weighted by atomic mass is 16.7. The van der Waals surface area contributed by atoms with E-state index in [4.69, 9.17) is 13.7 Å². The van der Waals surface area contributed by atoms with Gasteiger partial charge in [0.1, 0.15) is 11.2 Å². The summed E-state index contributed by atoms with van der Waals surface area (Å²) < 4.78 is 19.1. The van der Waals surface area contributed by atoms with Gasteiger partial charge in [0.15, 0.2) is 0 Å². The van der Waals surface area contributed by atoms with Crippen LogP contribution < -0.4 is 5.46 Å². The fourth-order valence-electron chi connectivity index (χ4n) is 5.05. The number of rotatable bonds is 3. The van der Waals surface area contributed by atoms with Crippen LogP contribution >= 0.6 is 0 Å². The van der Waals surface area contributed by atoms with Gasteiger partial charge in [0.2, 0.25) is 0 Å². The minimum absolute atomic E-state index is 0.328. The number of furan rings is 1. The number of benzene rings is 3. The van der Waals surface area contributed by atoms with Crippen molar-refractivity contribution in [2.45, 2.75) is 45.8 Å². The Morgan fingerprint density at radius 1 is 0.750 bits per heavy atom. The Hall–Kier alpha value is -3.34. The Morgan fingerprint density at radius 3 is 2.25 bits per heavy atom. The number of hydrogen-bond acceptors (Lipinski definition) is 3. The summed E-state index contributed by atoms with van der Waals surface area (Å²) in [6, 6.07) is 23.2. The van der Waals surface area contributed by atoms with Crippen LogP contribution in [0.2, 0.25) is 0 Å². The molecule has 0 saturated carbocycles. The van der Waals surface area contributed by atoms with E-state index >= 15 is 0 Å². The van der Waals surface area contributed by atoms with Crippen LogP contribution in [0.3, 0.4) is 0 Å². The van der Waals surface area contributed by atoms with E-state index < -0.39 is 18.3 Å². The molecule has 3 aromatic carbocycles. The molecule has 1 fully saturated rings. The van der Waals surface area contributed by atoms with E-state index in [-0.39, 0.29) is 0 Å². The van der Waals surface area contributed by atoms with Crippen LogP contribution in [0.4, 0.5) is 0 Å². The zero-order valence-electron chi connectivity index (χ0n) is 21.5. The van der Waals surface area contributed by atoms with Gasteiger partial charge in [-0.15, -0.1) is 0 Å². The molecule has 0 amide bonds. The molecule has 0 radical (unpaired) electrons. The molecule has 3 nitrogen and oxygen atoms in total. The van der Waals surface area contributed by atoms with Crippen molar-refractivity contribution in [3.63, 3.8) is 0 Å². The molecule has 0 spiro atoms. The first-order valence-electron chi connectivity index (χ1n) is 12.7. The topological polar surface area (TPSA) is 31.6 Å². The largest absolute Gasteiger partial charge is 0.495 e. The third kappa shape index (κ3) is 3.86. The van der Waals surface area contributed by atoms with Crippen LogP contribution in [-0.2, 0) is 9.31 Å². The second-order valence-electron chi connectivity index (χ2n) is 10.9. The first-order chi connectivity index (χ1) is 17.2. The zero-order chi connectivity index (χ0) is 25.1. The van der Waals surface area contributed by atoms with Crippen LogP contribution in [0.1, 0.15) is 45.7 Å². The summed E-state index contributed by atoms with van der Waals surface area (Å²) in [6.45, 7) is 10.6. The fourth-order valence-corrected chi connectivity index (χ4v) is 5.05. The molecule has 0 unspecified atom stereocenters. The van der Waals surface area contributed by atoms with Gasteiger partial charge in [-0.2, -0.15) is 0 Å². The first kappa shape index (κ1) is 23.1. The van der Waals surface area contributed by atoms with E-state index in [0.717, 1.165) is 33.0 Å². The van der Waals surface area contributed by atoms with Gasteiger partial charge < -0.3 is 13.7 Å². The van der Waals surface area contributed by atoms with Crippen molar-refractivity contribution >= 4 is 45.7 Å². The average Bonchev–Trinajstić information content (AvgIpc) is 3.24. The molecule has 1 saturated heterocycles. The summed E-state index contributed by atoms with van der Waals surface area (Å²) in [5.74, 6) is 0.328. The van der Waals surface area contributed by atoms with E-state index in [1.165, 1.54) is 16.7 Å². The lowest BCUT2D eigenvalue weighted by molar-refractivity contribution is 0.00578. The van der Waals surface area contributed by atoms with E-state index in [1.807, 2.05) is 12.1 Å². The molecule has 2 heterocycles. The van der Waals surface area contributed by atoms with Crippen LogP contribution in [0.5, 0.6) is 0 Å². The van der Waals surface area contributed by atoms with Gasteiger partial charge in [0.25, 0.3) is 0 Å². The van der Waals surface area contributed by atoms with Crippen LogP contribution in [0, 0.1) is 5.92 Å². The smallest absolute Gasteiger partial charge is 0.456 e. The SMILES string of the molecule is C[C@H]1C=CC(c2ccccc2)=CC(c2ccc3oc4cccc(B5OC(C)(C)C(C)(C)O5)c4c3c2)=C1. The van der Waals surface area contributed by atoms with Gasteiger partial charge in [0, 0.05) is 10.8 Å². The average molecular weight is 474 g/mol. The third-order valence-electron chi connectivity index (χ3n) is 7.81. The van der Waals surface area contributed by atoms with Crippen molar-refractivity contribution in [2.75, 3.05) is 0 Å². The number of hydrogen-bond donors (Lipinski definition) is 0. The molecule has 4 aromatic rings. The predicted molar refractivity (Wildman–Crippen MR) is 150 cm³/mol. The second-order valence-corrected chi connectivity index (χ2v) is 10.9. The van der Waals surface area contributed by atoms with E-state index in [1.54, 1.807) is 0 Å². The van der Waals surface area contributed by atoms with Crippen LogP contribution in [0.25, 0.3) is 33.1 Å². The lowest BCUT2D eigenvalue weighted by atomic mass is 9.76. The monoisotopic (exact) mass is 474 g/mol. The molecular weight excluding hydrogens is 443 g/mol. The Labute approximate surface area is 213 Å². The number of allylic oxidation sites excluding steroid dienone is 6. The fraction of sp³-hybridized carbons (Fsp3) is 0.250. The Morgan fingerprint density at radius 2 is 1.50 bits per heavy atom. The molecule has 0 bridgehead atoms. The quantitative estimate of drug-likeness (QED) is 0.287. The lowest BCUT2D eigenvalue weighted by Gasteiger charge is -2.32. The Balaban J connectivity index is 1.49. The van der Waals surface area contributed by atoms with Crippen molar-refractivity contribution in [1.29, 1.82) is 0 Å². The maximum absolute atomic E-state index is 6.42. The predicted octanol–water partition coefficient (Wildman–Crippen LogP) is 7.56. The third-order valence-corrected chi connectivity index (χ3v) is 7.81. The molecular formula is C32H31BO3. The summed E-state index contributed by atoms with van der Waals surface area (Å²) >= 11 is 0. The maximum atomic E-state index is 6.42. The van der Waals surface area contributed by atoms with E-state index in [2.05, 4.69) is 114 Å². The van der Waals surface area contributed by atoms with Crippen molar-refractivity contribution in [3.8, 4) is 0 Å². The summed E-state index contributed by atoms with van der Waals surface area (Å²) in [5.41, 5.74) is 6.70. The van der Waals surface area contributed by atoms with Gasteiger partial charge in [-0.1, -0.05) is 73.7 Å². The highest BCUT2D eigenvalue weighted by molar-refractivity contribution is 6.66. The molecule has 2 aliphatic rings. The van der Waals surface area contributed by atoms with Crippen molar-refractivity contribution < 1.29 is 13.7 Å². The molecule has 6 rings (SSSR count). The van der Waals surface area contributed by atoms with Crippen molar-refractivity contribution in [3.05, 3.63) is 102 Å². The van der Waals surface area contributed by atoms with Crippen molar-refractivity contribution in [2.24, 2.45) is 5.92 Å². The molecule has 1 atom stereocenters. The first-order valence-corrected chi connectivity index (χ1v) is 12.7. The maximum Gasteiger partial charge on any atom is 0.495 e. The van der Waals surface area contributed by atoms with Gasteiger partial charge in [-0.3, -0.25) is 0 Å². The summed E-state index contributed by atoms with van der Waals surface area (Å²) in [5, 5.41) is 2.13. The van der Waals surface area contributed by atoms with E-state index in [0.29, 0.717) is 5.92 Å². The summed E-state index contributed by atoms with van der Waals surface area (Å²) in [7, 11) is -0.450. The molecule has 36 heavy (non-hydrogen) atoms. The highest BCUT2D eigenvalue weighted by Crippen LogP contribution is 2.39. The minimum Gasteiger partial charge on any atom is -0.456 e. The van der Waals surface area contributed by atoms with E-state index in [9.17, 15) is 0 Å². The standard InChI is InChI=1S/C32H31BO3/c1-21-14-15-23(22-10-7-6-8-11-22)19-25(18-21)24-16-17-28-26(20-24)30-27(12-9-13-29(30)34-28)33-35-31(2,3)32(4,5)36-33/h6-21H,1-5H3/t21-/m0/s1. The summed E-state index contributed by atoms with van der Waals surface area (Å²) in [4.78, 5) is 0. The normalized spacial score (nSPS) is 21.0. The van der Waals surface area contributed by atoms with Gasteiger partial charge in [0.05, 0.1) is 11.2 Å². The Bertz CT molecular complexity index is 1540. The molecule has 1 aliphatic heterocycles. The Kier molecular flexibility index (Phi) is 5.36. The lowest BCUT2D eigenvalue weighted by Crippen LogP contribution is -2.41. The second kappa shape index (κ2) is 8.36. The van der Waals surface area contributed by atoms with Crippen LogP contribution in [0.15, 0.2) is 95.5 Å². The van der Waals surface area contributed by atoms with Crippen molar-refractivity contribution in [1.82, 2.24) is 0 Å². The molecule has 1 aliphatic carbocycles. The molecule has 180 valence electrons. The molecule has 4 heteroatoms. The van der Waals surface area contributed by atoms with Gasteiger partial charge >= 0.3 is 7.12 Å². The highest BCUT2D eigenvalue weighted by Gasteiger charge is 2.52. The minimum atomic E-state index is -0.450. The summed E-state index contributed by atoms with van der Waals surface area (Å²) in [6.07, 6.45) is 9.10. The van der Waals surface area contributed by atoms with Crippen LogP contribution in [-0.4, -0.2) is 18.3 Å². The molecule has 1 aromatic heterocycles. The van der Waals surface area contributed by atoms with Gasteiger partial charge in [-0.05, 0) is 85.6 Å². The number of fused-ring (bicyclic) bond motifs is 3.